The summed E-state index contributed by atoms with van der Waals surface area (Å²) in [5, 5.41) is 3.98. The molecule has 1 aliphatic rings. The second-order valence-corrected chi connectivity index (χ2v) is 6.47. The molecule has 1 aliphatic heterocycles. The van der Waals surface area contributed by atoms with E-state index in [1.54, 1.807) is 6.20 Å². The number of anilines is 1. The first-order valence-electron chi connectivity index (χ1n) is 8.41. The van der Waals surface area contributed by atoms with Gasteiger partial charge in [0.05, 0.1) is 11.3 Å². The zero-order valence-electron chi connectivity index (χ0n) is 14.7. The number of rotatable bonds is 3. The van der Waals surface area contributed by atoms with Gasteiger partial charge in [0.25, 0.3) is 0 Å². The Morgan fingerprint density at radius 1 is 1.04 bits per heavy atom. The number of hydrogen-bond donors (Lipinski definition) is 0. The van der Waals surface area contributed by atoms with E-state index in [-0.39, 0.29) is 0 Å². The first-order valence-corrected chi connectivity index (χ1v) is 8.41. The fraction of sp³-hybridized carbons (Fsp3) is 0.389. The van der Waals surface area contributed by atoms with Crippen molar-refractivity contribution in [1.82, 2.24) is 20.0 Å². The van der Waals surface area contributed by atoms with Gasteiger partial charge in [-0.05, 0) is 33.0 Å². The third-order valence-electron chi connectivity index (χ3n) is 4.43. The van der Waals surface area contributed by atoms with E-state index >= 15 is 0 Å². The van der Waals surface area contributed by atoms with Gasteiger partial charge in [0.2, 0.25) is 5.95 Å². The zero-order chi connectivity index (χ0) is 17.4. The van der Waals surface area contributed by atoms with Crippen molar-refractivity contribution in [3.63, 3.8) is 0 Å². The van der Waals surface area contributed by atoms with Crippen molar-refractivity contribution >= 4 is 5.95 Å². The van der Waals surface area contributed by atoms with Crippen LogP contribution in [0.25, 0.3) is 22.8 Å². The van der Waals surface area contributed by atoms with Crippen LogP contribution >= 0.6 is 0 Å². The molecule has 0 aliphatic carbocycles. The standard InChI is InChI=1S/C18H21N5O2/c1-12-10-16(25-21-12)14-11-19-18(23-8-6-22(3)7-9-23)20-17(14)15-5-4-13(2)24-15/h4-5,10-11H,6-9H2,1-3H3. The summed E-state index contributed by atoms with van der Waals surface area (Å²) < 4.78 is 11.2. The van der Waals surface area contributed by atoms with Crippen LogP contribution in [-0.2, 0) is 0 Å². The minimum Gasteiger partial charge on any atom is -0.460 e. The summed E-state index contributed by atoms with van der Waals surface area (Å²) >= 11 is 0. The van der Waals surface area contributed by atoms with Gasteiger partial charge in [0.1, 0.15) is 11.5 Å². The molecular weight excluding hydrogens is 318 g/mol. The van der Waals surface area contributed by atoms with Gasteiger partial charge >= 0.3 is 0 Å². The SMILES string of the molecule is Cc1cc(-c2cnc(N3CCN(C)CC3)nc2-c2ccc(C)o2)on1. The highest BCUT2D eigenvalue weighted by Crippen LogP contribution is 2.32. The molecule has 7 heteroatoms. The van der Waals surface area contributed by atoms with Gasteiger partial charge in [0, 0.05) is 38.4 Å². The van der Waals surface area contributed by atoms with E-state index in [4.69, 9.17) is 13.9 Å². The summed E-state index contributed by atoms with van der Waals surface area (Å²) in [4.78, 5) is 13.9. The summed E-state index contributed by atoms with van der Waals surface area (Å²) in [6, 6.07) is 5.74. The number of piperazine rings is 1. The van der Waals surface area contributed by atoms with Crippen LogP contribution in [0.15, 0.2) is 33.3 Å². The van der Waals surface area contributed by atoms with Crippen LogP contribution in [0.3, 0.4) is 0 Å². The van der Waals surface area contributed by atoms with E-state index < -0.39 is 0 Å². The van der Waals surface area contributed by atoms with Gasteiger partial charge in [-0.2, -0.15) is 0 Å². The van der Waals surface area contributed by atoms with E-state index in [0.717, 1.165) is 54.8 Å². The van der Waals surface area contributed by atoms with Crippen LogP contribution in [0.2, 0.25) is 0 Å². The lowest BCUT2D eigenvalue weighted by atomic mass is 10.1. The summed E-state index contributed by atoms with van der Waals surface area (Å²) in [5.74, 6) is 2.91. The van der Waals surface area contributed by atoms with Crippen molar-refractivity contribution in [3.8, 4) is 22.8 Å². The average Bonchev–Trinajstić information content (AvgIpc) is 3.23. The Kier molecular flexibility index (Phi) is 4.01. The van der Waals surface area contributed by atoms with E-state index in [0.29, 0.717) is 11.5 Å². The predicted octanol–water partition coefficient (Wildman–Crippen LogP) is 2.76. The molecule has 0 atom stereocenters. The van der Waals surface area contributed by atoms with Gasteiger partial charge in [-0.3, -0.25) is 0 Å². The van der Waals surface area contributed by atoms with Crippen LogP contribution < -0.4 is 4.90 Å². The molecule has 0 radical (unpaired) electrons. The molecule has 1 fully saturated rings. The first kappa shape index (κ1) is 15.8. The minimum atomic E-state index is 0.645. The maximum Gasteiger partial charge on any atom is 0.226 e. The summed E-state index contributed by atoms with van der Waals surface area (Å²) in [5.41, 5.74) is 2.33. The van der Waals surface area contributed by atoms with Crippen molar-refractivity contribution in [2.24, 2.45) is 0 Å². The summed E-state index contributed by atoms with van der Waals surface area (Å²) in [6.45, 7) is 7.64. The highest BCUT2D eigenvalue weighted by atomic mass is 16.5. The van der Waals surface area contributed by atoms with Crippen molar-refractivity contribution in [2.45, 2.75) is 13.8 Å². The largest absolute Gasteiger partial charge is 0.460 e. The molecule has 0 unspecified atom stereocenters. The summed E-state index contributed by atoms with van der Waals surface area (Å²) in [6.07, 6.45) is 1.80. The maximum atomic E-state index is 5.82. The fourth-order valence-electron chi connectivity index (χ4n) is 2.95. The third kappa shape index (κ3) is 3.15. The third-order valence-corrected chi connectivity index (χ3v) is 4.43. The van der Waals surface area contributed by atoms with Crippen LogP contribution in [0, 0.1) is 13.8 Å². The van der Waals surface area contributed by atoms with Gasteiger partial charge in [-0.15, -0.1) is 0 Å². The highest BCUT2D eigenvalue weighted by molar-refractivity contribution is 5.76. The monoisotopic (exact) mass is 339 g/mol. The van der Waals surface area contributed by atoms with Crippen molar-refractivity contribution in [2.75, 3.05) is 38.1 Å². The smallest absolute Gasteiger partial charge is 0.226 e. The van der Waals surface area contributed by atoms with E-state index in [9.17, 15) is 0 Å². The molecule has 130 valence electrons. The predicted molar refractivity (Wildman–Crippen MR) is 94.4 cm³/mol. The van der Waals surface area contributed by atoms with Crippen LogP contribution in [-0.4, -0.2) is 53.3 Å². The second-order valence-electron chi connectivity index (χ2n) is 6.47. The van der Waals surface area contributed by atoms with Gasteiger partial charge in [-0.1, -0.05) is 5.16 Å². The van der Waals surface area contributed by atoms with Crippen molar-refractivity contribution in [1.29, 1.82) is 0 Å². The van der Waals surface area contributed by atoms with Crippen LogP contribution in [0.5, 0.6) is 0 Å². The molecule has 0 amide bonds. The molecule has 0 saturated carbocycles. The second kappa shape index (κ2) is 6.33. The number of likely N-dealkylation sites (N-methyl/N-ethyl adjacent to an activating group) is 1. The lowest BCUT2D eigenvalue weighted by molar-refractivity contribution is 0.311. The Morgan fingerprint density at radius 3 is 2.48 bits per heavy atom. The van der Waals surface area contributed by atoms with Crippen LogP contribution in [0.4, 0.5) is 5.95 Å². The molecule has 0 bridgehead atoms. The van der Waals surface area contributed by atoms with Gasteiger partial charge < -0.3 is 18.7 Å². The van der Waals surface area contributed by atoms with E-state index in [2.05, 4.69) is 27.0 Å². The minimum absolute atomic E-state index is 0.645. The van der Waals surface area contributed by atoms with Crippen LogP contribution in [0.1, 0.15) is 11.5 Å². The normalized spacial score (nSPS) is 15.7. The fourth-order valence-corrected chi connectivity index (χ4v) is 2.95. The number of aromatic nitrogens is 3. The molecule has 4 heterocycles. The first-order chi connectivity index (χ1) is 12.1. The number of nitrogens with zero attached hydrogens (tertiary/aromatic N) is 5. The summed E-state index contributed by atoms with van der Waals surface area (Å²) in [7, 11) is 2.13. The average molecular weight is 339 g/mol. The molecule has 3 aromatic heterocycles. The lowest BCUT2D eigenvalue weighted by Crippen LogP contribution is -2.45. The quantitative estimate of drug-likeness (QED) is 0.726. The molecule has 3 aromatic rings. The van der Waals surface area contributed by atoms with E-state index in [1.165, 1.54) is 0 Å². The lowest BCUT2D eigenvalue weighted by Gasteiger charge is -2.32. The zero-order valence-corrected chi connectivity index (χ0v) is 14.7. The molecule has 0 aromatic carbocycles. The van der Waals surface area contributed by atoms with E-state index in [1.807, 2.05) is 32.0 Å². The highest BCUT2D eigenvalue weighted by Gasteiger charge is 2.21. The number of furan rings is 1. The number of aryl methyl sites for hydroxylation is 2. The molecule has 25 heavy (non-hydrogen) atoms. The Morgan fingerprint density at radius 2 is 1.84 bits per heavy atom. The van der Waals surface area contributed by atoms with Crippen molar-refractivity contribution < 1.29 is 8.94 Å². The van der Waals surface area contributed by atoms with Gasteiger partial charge in [0.15, 0.2) is 11.5 Å². The van der Waals surface area contributed by atoms with Crippen molar-refractivity contribution in [3.05, 3.63) is 35.9 Å². The number of hydrogen-bond acceptors (Lipinski definition) is 7. The Balaban J connectivity index is 1.77. The Labute approximate surface area is 146 Å². The molecule has 4 rings (SSSR count). The molecule has 0 spiro atoms. The maximum absolute atomic E-state index is 5.82. The Hall–Kier alpha value is -2.67. The molecule has 1 saturated heterocycles. The molecule has 0 N–H and O–H groups in total. The molecule has 7 nitrogen and oxygen atoms in total. The Bertz CT molecular complexity index is 877. The topological polar surface area (TPSA) is 71.4 Å². The molecular formula is C18H21N5O2. The van der Waals surface area contributed by atoms with Gasteiger partial charge in [-0.25, -0.2) is 9.97 Å².